The highest BCUT2D eigenvalue weighted by atomic mass is 19.1. The molecule has 0 aliphatic carbocycles. The van der Waals surface area contributed by atoms with Crippen molar-refractivity contribution in [3.63, 3.8) is 0 Å². The molecule has 4 N–H and O–H groups in total. The quantitative estimate of drug-likeness (QED) is 0.317. The number of fused-ring (bicyclic) bond motifs is 1. The van der Waals surface area contributed by atoms with Gasteiger partial charge in [0.2, 0.25) is 5.88 Å². The summed E-state index contributed by atoms with van der Waals surface area (Å²) in [6.07, 6.45) is 3.36. The largest absolute Gasteiger partial charge is 0.481 e. The van der Waals surface area contributed by atoms with Crippen LogP contribution >= 0.6 is 0 Å². The van der Waals surface area contributed by atoms with Gasteiger partial charge in [-0.1, -0.05) is 12.2 Å². The van der Waals surface area contributed by atoms with Crippen LogP contribution in [-0.2, 0) is 9.53 Å². The highest BCUT2D eigenvalue weighted by molar-refractivity contribution is 6.01. The maximum atomic E-state index is 13.8. The van der Waals surface area contributed by atoms with Crippen molar-refractivity contribution >= 4 is 28.7 Å². The smallest absolute Gasteiger partial charge is 0.253 e. The molecule has 1 aliphatic heterocycles. The van der Waals surface area contributed by atoms with E-state index in [1.807, 2.05) is 0 Å². The molecule has 1 fully saturated rings. The molecule has 0 radical (unpaired) electrons. The number of carbonyl (C=O) groups is 1. The minimum absolute atomic E-state index is 0.108. The van der Waals surface area contributed by atoms with Crippen LogP contribution in [0, 0.1) is 11.6 Å². The van der Waals surface area contributed by atoms with Crippen LogP contribution in [0.4, 0.5) is 14.5 Å². The minimum Gasteiger partial charge on any atom is -0.481 e. The Morgan fingerprint density at radius 3 is 2.89 bits per heavy atom. The first-order chi connectivity index (χ1) is 18.4. The number of aliphatic hydroxyl groups is 2. The number of methoxy groups -OCH3 is 1. The molecule has 38 heavy (non-hydrogen) atoms. The zero-order valence-electron chi connectivity index (χ0n) is 20.8. The number of hydrogen-bond acceptors (Lipinski definition) is 8. The van der Waals surface area contributed by atoms with Crippen molar-refractivity contribution < 1.29 is 33.3 Å². The molecular formula is C27H30F2N4O5. The Hall–Kier alpha value is -3.51. The van der Waals surface area contributed by atoms with E-state index in [9.17, 15) is 23.8 Å². The van der Waals surface area contributed by atoms with Crippen LogP contribution < -0.4 is 15.4 Å². The first-order valence-electron chi connectivity index (χ1n) is 12.3. The fourth-order valence-electron chi connectivity index (χ4n) is 4.36. The standard InChI is InChI=1S/C27H30F2N4O5/c1-37-25-9-7-21-26(33-25)22(10-12-31-21)32-27(36)23-8-6-20(24(38-23)14-18(35)15-34)30-11-2-3-16-13-17(28)4-5-19(16)29/h2-5,7,9-10,12-13,18,20,23-24,30,34-35H,6,8,11,14-15H2,1H3,(H,31,32,36)/t18-,20-,23+,24-/m1/s1. The van der Waals surface area contributed by atoms with Crippen LogP contribution in [0.25, 0.3) is 17.1 Å². The van der Waals surface area contributed by atoms with Crippen molar-refractivity contribution in [2.24, 2.45) is 0 Å². The predicted molar refractivity (Wildman–Crippen MR) is 138 cm³/mol. The van der Waals surface area contributed by atoms with Gasteiger partial charge in [0, 0.05) is 36.8 Å². The summed E-state index contributed by atoms with van der Waals surface area (Å²) in [5.74, 6) is -1.05. The van der Waals surface area contributed by atoms with Gasteiger partial charge >= 0.3 is 0 Å². The lowest BCUT2D eigenvalue weighted by molar-refractivity contribution is -0.141. The van der Waals surface area contributed by atoms with Crippen molar-refractivity contribution in [3.05, 3.63) is 65.9 Å². The van der Waals surface area contributed by atoms with Crippen molar-refractivity contribution in [2.75, 3.05) is 25.6 Å². The number of benzene rings is 1. The molecule has 9 nitrogen and oxygen atoms in total. The van der Waals surface area contributed by atoms with Gasteiger partial charge in [-0.25, -0.2) is 13.8 Å². The van der Waals surface area contributed by atoms with E-state index >= 15 is 0 Å². The van der Waals surface area contributed by atoms with E-state index in [1.54, 1.807) is 30.5 Å². The molecule has 1 aromatic carbocycles. The molecule has 0 spiro atoms. The van der Waals surface area contributed by atoms with Crippen LogP contribution in [0.5, 0.6) is 5.88 Å². The number of ether oxygens (including phenoxy) is 2. The molecule has 1 aliphatic rings. The van der Waals surface area contributed by atoms with Crippen LogP contribution in [0.3, 0.4) is 0 Å². The van der Waals surface area contributed by atoms with Gasteiger partial charge in [-0.2, -0.15) is 0 Å². The summed E-state index contributed by atoms with van der Waals surface area (Å²) < 4.78 is 38.5. The monoisotopic (exact) mass is 528 g/mol. The Morgan fingerprint density at radius 1 is 1.26 bits per heavy atom. The summed E-state index contributed by atoms with van der Waals surface area (Å²) in [6.45, 7) is -0.123. The van der Waals surface area contributed by atoms with Crippen LogP contribution in [0.2, 0.25) is 0 Å². The van der Waals surface area contributed by atoms with Gasteiger partial charge in [0.05, 0.1) is 37.1 Å². The number of carbonyl (C=O) groups excluding carboxylic acids is 1. The Morgan fingerprint density at radius 2 is 2.11 bits per heavy atom. The number of hydrogen-bond donors (Lipinski definition) is 4. The molecule has 0 unspecified atom stereocenters. The molecule has 4 atom stereocenters. The van der Waals surface area contributed by atoms with E-state index in [1.165, 1.54) is 13.2 Å². The summed E-state index contributed by atoms with van der Waals surface area (Å²) in [6, 6.07) is 8.05. The summed E-state index contributed by atoms with van der Waals surface area (Å²) in [5, 5.41) is 25.5. The van der Waals surface area contributed by atoms with Crippen molar-refractivity contribution in [3.8, 4) is 5.88 Å². The SMILES string of the molecule is COc1ccc2nccc(NC(=O)[C@@H]3CC[C@@H](NCC=Cc4cc(F)ccc4F)[C@@H](C[C@@H](O)CO)O3)c2n1. The normalized spacial score (nSPS) is 20.5. The number of nitrogens with one attached hydrogen (secondary N) is 2. The third-order valence-corrected chi connectivity index (χ3v) is 6.31. The second-order valence-corrected chi connectivity index (χ2v) is 8.96. The maximum absolute atomic E-state index is 13.8. The van der Waals surface area contributed by atoms with Gasteiger partial charge < -0.3 is 30.3 Å². The molecule has 3 heterocycles. The summed E-state index contributed by atoms with van der Waals surface area (Å²) in [5.41, 5.74) is 1.66. The molecule has 2 aromatic heterocycles. The number of amides is 1. The zero-order valence-corrected chi connectivity index (χ0v) is 20.8. The number of rotatable bonds is 10. The minimum atomic E-state index is -1.02. The summed E-state index contributed by atoms with van der Waals surface area (Å²) in [7, 11) is 1.50. The number of aromatic nitrogens is 2. The fourth-order valence-corrected chi connectivity index (χ4v) is 4.36. The molecule has 1 saturated heterocycles. The maximum Gasteiger partial charge on any atom is 0.253 e. The number of nitrogens with zero attached hydrogens (tertiary/aromatic N) is 2. The number of halogens is 2. The molecule has 0 saturated carbocycles. The third-order valence-electron chi connectivity index (χ3n) is 6.31. The molecule has 202 valence electrons. The average molecular weight is 529 g/mol. The number of pyridine rings is 2. The Balaban J connectivity index is 1.41. The van der Waals surface area contributed by atoms with Crippen molar-refractivity contribution in [2.45, 2.75) is 43.6 Å². The van der Waals surface area contributed by atoms with Gasteiger partial charge in [0.15, 0.2) is 0 Å². The lowest BCUT2D eigenvalue weighted by Gasteiger charge is -2.37. The van der Waals surface area contributed by atoms with E-state index in [2.05, 4.69) is 20.6 Å². The van der Waals surface area contributed by atoms with Gasteiger partial charge in [-0.05, 0) is 43.2 Å². The lowest BCUT2D eigenvalue weighted by atomic mass is 9.94. The Kier molecular flexibility index (Phi) is 9.29. The molecular weight excluding hydrogens is 498 g/mol. The van der Waals surface area contributed by atoms with E-state index in [0.29, 0.717) is 42.0 Å². The first-order valence-corrected chi connectivity index (χ1v) is 12.3. The lowest BCUT2D eigenvalue weighted by Crippen LogP contribution is -2.51. The van der Waals surface area contributed by atoms with E-state index in [-0.39, 0.29) is 23.9 Å². The van der Waals surface area contributed by atoms with Gasteiger partial charge in [0.1, 0.15) is 23.3 Å². The van der Waals surface area contributed by atoms with E-state index in [0.717, 1.165) is 18.2 Å². The number of aliphatic hydroxyl groups excluding tert-OH is 2. The van der Waals surface area contributed by atoms with Gasteiger partial charge in [-0.3, -0.25) is 9.78 Å². The topological polar surface area (TPSA) is 126 Å². The highest BCUT2D eigenvalue weighted by Crippen LogP contribution is 2.26. The third kappa shape index (κ3) is 6.87. The van der Waals surface area contributed by atoms with E-state index < -0.39 is 36.6 Å². The first kappa shape index (κ1) is 27.5. The molecule has 4 rings (SSSR count). The second kappa shape index (κ2) is 12.8. The summed E-state index contributed by atoms with van der Waals surface area (Å²) in [4.78, 5) is 21.8. The van der Waals surface area contributed by atoms with Crippen molar-refractivity contribution in [1.82, 2.24) is 15.3 Å². The van der Waals surface area contributed by atoms with Crippen LogP contribution in [-0.4, -0.2) is 70.7 Å². The Bertz CT molecular complexity index is 1290. The number of anilines is 1. The van der Waals surface area contributed by atoms with Crippen LogP contribution in [0.1, 0.15) is 24.8 Å². The zero-order chi connectivity index (χ0) is 27.1. The molecule has 1 amide bonds. The van der Waals surface area contributed by atoms with Crippen LogP contribution in [0.15, 0.2) is 48.7 Å². The Labute approximate surface area is 218 Å². The molecule has 11 heteroatoms. The highest BCUT2D eigenvalue weighted by Gasteiger charge is 2.35. The summed E-state index contributed by atoms with van der Waals surface area (Å²) >= 11 is 0. The molecule has 3 aromatic rings. The second-order valence-electron chi connectivity index (χ2n) is 8.96. The predicted octanol–water partition coefficient (Wildman–Crippen LogP) is 2.82. The van der Waals surface area contributed by atoms with Gasteiger partial charge in [-0.15, -0.1) is 0 Å². The average Bonchev–Trinajstić information content (AvgIpc) is 2.93. The van der Waals surface area contributed by atoms with Crippen molar-refractivity contribution in [1.29, 1.82) is 0 Å². The fraction of sp³-hybridized carbons (Fsp3) is 0.370. The van der Waals surface area contributed by atoms with E-state index in [4.69, 9.17) is 9.47 Å². The molecule has 0 bridgehead atoms. The van der Waals surface area contributed by atoms with Gasteiger partial charge in [0.25, 0.3) is 5.91 Å².